The second kappa shape index (κ2) is 14.5. The van der Waals surface area contributed by atoms with Crippen molar-refractivity contribution >= 4 is 47.0 Å². The zero-order valence-electron chi connectivity index (χ0n) is 23.7. The van der Waals surface area contributed by atoms with Crippen LogP contribution in [0, 0.1) is 0 Å². The Labute approximate surface area is 254 Å². The first-order valence-corrected chi connectivity index (χ1v) is 13.5. The third-order valence-corrected chi connectivity index (χ3v) is 6.47. The molecule has 9 heteroatoms. The number of hydrogen-bond acceptors (Lipinski definition) is 6. The van der Waals surface area contributed by atoms with Crippen molar-refractivity contribution in [3.8, 4) is 17.2 Å². The molecule has 2 amide bonds. The van der Waals surface area contributed by atoms with Crippen LogP contribution >= 0.6 is 11.6 Å². The van der Waals surface area contributed by atoms with Crippen molar-refractivity contribution in [1.29, 1.82) is 0 Å². The lowest BCUT2D eigenvalue weighted by Crippen LogP contribution is -2.30. The van der Waals surface area contributed by atoms with Gasteiger partial charge in [-0.2, -0.15) is 0 Å². The normalized spacial score (nSPS) is 11.1. The molecular formula is C34H29ClN2O6. The molecule has 8 nitrogen and oxygen atoms in total. The predicted molar refractivity (Wildman–Crippen MR) is 168 cm³/mol. The quantitative estimate of drug-likeness (QED) is 0.148. The second-order valence-corrected chi connectivity index (χ2v) is 9.56. The number of hydrogen-bond donors (Lipinski definition) is 2. The van der Waals surface area contributed by atoms with Gasteiger partial charge in [-0.15, -0.1) is 0 Å². The van der Waals surface area contributed by atoms with Gasteiger partial charge in [-0.25, -0.2) is 0 Å². The molecule has 0 spiro atoms. The number of ketones is 1. The number of anilines is 1. The lowest BCUT2D eigenvalue weighted by molar-refractivity contribution is -0.113. The molecule has 43 heavy (non-hydrogen) atoms. The largest absolute Gasteiger partial charge is 0.493 e. The molecule has 0 unspecified atom stereocenters. The molecule has 0 saturated carbocycles. The predicted octanol–water partition coefficient (Wildman–Crippen LogP) is 6.67. The Morgan fingerprint density at radius 3 is 2.00 bits per heavy atom. The van der Waals surface area contributed by atoms with E-state index in [1.807, 2.05) is 6.07 Å². The van der Waals surface area contributed by atoms with Crippen LogP contribution in [-0.4, -0.2) is 38.9 Å². The van der Waals surface area contributed by atoms with E-state index in [2.05, 4.69) is 10.6 Å². The van der Waals surface area contributed by atoms with E-state index in [0.717, 1.165) is 5.56 Å². The molecule has 4 aromatic carbocycles. The number of benzene rings is 4. The van der Waals surface area contributed by atoms with Crippen LogP contribution in [-0.2, 0) is 4.79 Å². The fourth-order valence-corrected chi connectivity index (χ4v) is 4.29. The first-order valence-electron chi connectivity index (χ1n) is 13.1. The number of methoxy groups -OCH3 is 3. The van der Waals surface area contributed by atoms with Gasteiger partial charge >= 0.3 is 0 Å². The zero-order chi connectivity index (χ0) is 30.8. The second-order valence-electron chi connectivity index (χ2n) is 9.12. The van der Waals surface area contributed by atoms with Crippen LogP contribution in [0.2, 0.25) is 5.02 Å². The Hall–Kier alpha value is -5.34. The third-order valence-electron chi connectivity index (χ3n) is 6.23. The van der Waals surface area contributed by atoms with Gasteiger partial charge in [-0.1, -0.05) is 48.0 Å². The zero-order valence-corrected chi connectivity index (χ0v) is 24.5. The molecule has 0 aliphatic rings. The van der Waals surface area contributed by atoms with Crippen LogP contribution in [0.1, 0.15) is 31.8 Å². The van der Waals surface area contributed by atoms with E-state index in [-0.39, 0.29) is 11.5 Å². The van der Waals surface area contributed by atoms with Crippen LogP contribution in [0.3, 0.4) is 0 Å². The molecular weight excluding hydrogens is 568 g/mol. The van der Waals surface area contributed by atoms with E-state index >= 15 is 0 Å². The number of carbonyl (C=O) groups excluding carboxylic acids is 3. The highest BCUT2D eigenvalue weighted by Gasteiger charge is 2.18. The number of allylic oxidation sites excluding steroid dienone is 1. The number of nitrogens with one attached hydrogen (secondary N) is 2. The summed E-state index contributed by atoms with van der Waals surface area (Å²) in [5.41, 5.74) is 2.51. The maximum absolute atomic E-state index is 13.5. The summed E-state index contributed by atoms with van der Waals surface area (Å²) in [7, 11) is 4.46. The minimum absolute atomic E-state index is 0.0345. The fraction of sp³-hybridized carbons (Fsp3) is 0.0882. The van der Waals surface area contributed by atoms with Crippen LogP contribution in [0.25, 0.3) is 12.2 Å². The van der Waals surface area contributed by atoms with Gasteiger partial charge in [0.05, 0.1) is 21.3 Å². The Morgan fingerprint density at radius 2 is 1.40 bits per heavy atom. The number of carbonyl (C=O) groups is 3. The summed E-state index contributed by atoms with van der Waals surface area (Å²) in [6.45, 7) is 0. The fourth-order valence-electron chi connectivity index (χ4n) is 4.09. The highest BCUT2D eigenvalue weighted by atomic mass is 35.5. The van der Waals surface area contributed by atoms with E-state index < -0.39 is 11.8 Å². The van der Waals surface area contributed by atoms with Crippen molar-refractivity contribution in [3.05, 3.63) is 130 Å². The van der Waals surface area contributed by atoms with Crippen molar-refractivity contribution in [1.82, 2.24) is 5.32 Å². The summed E-state index contributed by atoms with van der Waals surface area (Å²) < 4.78 is 16.2. The average Bonchev–Trinajstić information content (AvgIpc) is 3.03. The maximum atomic E-state index is 13.5. The molecule has 0 saturated heterocycles. The summed E-state index contributed by atoms with van der Waals surface area (Å²) in [6.07, 6.45) is 4.63. The number of halogens is 1. The van der Waals surface area contributed by atoms with Gasteiger partial charge in [-0.3, -0.25) is 14.4 Å². The van der Waals surface area contributed by atoms with E-state index in [9.17, 15) is 14.4 Å². The average molecular weight is 597 g/mol. The van der Waals surface area contributed by atoms with Gasteiger partial charge in [0.1, 0.15) is 5.70 Å². The lowest BCUT2D eigenvalue weighted by atomic mass is 10.1. The summed E-state index contributed by atoms with van der Waals surface area (Å²) in [5.74, 6) is -0.117. The van der Waals surface area contributed by atoms with Gasteiger partial charge in [0, 0.05) is 21.8 Å². The molecule has 0 bridgehead atoms. The van der Waals surface area contributed by atoms with E-state index in [1.54, 1.807) is 91.0 Å². The van der Waals surface area contributed by atoms with Gasteiger partial charge < -0.3 is 24.8 Å². The molecule has 0 aliphatic heterocycles. The van der Waals surface area contributed by atoms with Crippen molar-refractivity contribution < 1.29 is 28.6 Å². The molecule has 218 valence electrons. The minimum Gasteiger partial charge on any atom is -0.493 e. The van der Waals surface area contributed by atoms with Crippen molar-refractivity contribution in [3.63, 3.8) is 0 Å². The molecule has 2 N–H and O–H groups in total. The Morgan fingerprint density at radius 1 is 0.721 bits per heavy atom. The van der Waals surface area contributed by atoms with Crippen LogP contribution in [0.15, 0.2) is 103 Å². The topological polar surface area (TPSA) is 103 Å². The third kappa shape index (κ3) is 8.12. The lowest BCUT2D eigenvalue weighted by Gasteiger charge is -2.14. The first kappa shape index (κ1) is 30.6. The molecule has 0 aliphatic carbocycles. The van der Waals surface area contributed by atoms with Gasteiger partial charge in [-0.05, 0) is 83.9 Å². The summed E-state index contributed by atoms with van der Waals surface area (Å²) in [4.78, 5) is 39.1. The summed E-state index contributed by atoms with van der Waals surface area (Å²) >= 11 is 6.01. The van der Waals surface area contributed by atoms with E-state index in [4.69, 9.17) is 25.8 Å². The molecule has 0 radical (unpaired) electrons. The molecule has 0 heterocycles. The van der Waals surface area contributed by atoms with Crippen molar-refractivity contribution in [2.45, 2.75) is 0 Å². The molecule has 4 rings (SSSR count). The van der Waals surface area contributed by atoms with Crippen LogP contribution < -0.4 is 24.8 Å². The minimum atomic E-state index is -0.585. The smallest absolute Gasteiger partial charge is 0.272 e. The van der Waals surface area contributed by atoms with Crippen LogP contribution in [0.4, 0.5) is 5.69 Å². The first-order chi connectivity index (χ1) is 20.8. The van der Waals surface area contributed by atoms with Crippen molar-refractivity contribution in [2.24, 2.45) is 0 Å². The molecule has 4 aromatic rings. The Balaban J connectivity index is 1.58. The Bertz CT molecular complexity index is 1660. The van der Waals surface area contributed by atoms with E-state index in [0.29, 0.717) is 44.6 Å². The number of amides is 2. The highest BCUT2D eigenvalue weighted by molar-refractivity contribution is 6.30. The van der Waals surface area contributed by atoms with Gasteiger partial charge in [0.2, 0.25) is 5.75 Å². The molecule has 0 fully saturated rings. The van der Waals surface area contributed by atoms with Crippen molar-refractivity contribution in [2.75, 3.05) is 26.6 Å². The number of ether oxygens (including phenoxy) is 3. The maximum Gasteiger partial charge on any atom is 0.272 e. The molecule has 0 atom stereocenters. The monoisotopic (exact) mass is 596 g/mol. The highest BCUT2D eigenvalue weighted by Crippen LogP contribution is 2.38. The number of rotatable bonds is 11. The SMILES string of the molecule is COc1cc(/C=C(\NC(=O)c2ccccc2)C(=O)Nc2ccc(C(=O)/C=C/c3cccc(Cl)c3)cc2)cc(OC)c1OC. The van der Waals surface area contributed by atoms with E-state index in [1.165, 1.54) is 33.5 Å². The standard InChI is InChI=1S/C34H29ClN2O6/c1-41-30-20-23(21-31(42-2)32(30)43-3)19-28(37-33(39)25-9-5-4-6-10-25)34(40)36-27-15-13-24(14-16-27)29(38)17-12-22-8-7-11-26(35)18-22/h4-21H,1-3H3,(H,36,40)(H,37,39)/b17-12+,28-19-. The van der Waals surface area contributed by atoms with Crippen LogP contribution in [0.5, 0.6) is 17.2 Å². The summed E-state index contributed by atoms with van der Waals surface area (Å²) in [5, 5.41) is 6.05. The summed E-state index contributed by atoms with van der Waals surface area (Å²) in [6, 6.07) is 25.4. The van der Waals surface area contributed by atoms with Gasteiger partial charge in [0.15, 0.2) is 17.3 Å². The Kier molecular flexibility index (Phi) is 10.3. The molecule has 0 aromatic heterocycles. The van der Waals surface area contributed by atoms with Gasteiger partial charge in [0.25, 0.3) is 11.8 Å².